The maximum absolute atomic E-state index is 5.61. The molecule has 1 unspecified atom stereocenters. The van der Waals surface area contributed by atoms with Crippen LogP contribution >= 0.6 is 27.5 Å². The minimum absolute atomic E-state index is 0.0466. The molecular weight excluding hydrogens is 239 g/mol. The van der Waals surface area contributed by atoms with Gasteiger partial charge in [-0.25, -0.2) is 0 Å². The van der Waals surface area contributed by atoms with Gasteiger partial charge in [0.25, 0.3) is 0 Å². The first-order valence-electron chi connectivity index (χ1n) is 3.71. The predicted molar refractivity (Wildman–Crippen MR) is 55.0 cm³/mol. The Bertz CT molecular complexity index is 252. The van der Waals surface area contributed by atoms with Gasteiger partial charge in [-0.05, 0) is 35.0 Å². The summed E-state index contributed by atoms with van der Waals surface area (Å²) >= 11 is 9.00. The topological polar surface area (TPSA) is 9.23 Å². The molecule has 0 aliphatic rings. The molecule has 0 bridgehead atoms. The van der Waals surface area contributed by atoms with E-state index in [1.54, 1.807) is 0 Å². The van der Waals surface area contributed by atoms with Gasteiger partial charge in [0, 0.05) is 0 Å². The second-order valence-corrected chi connectivity index (χ2v) is 3.68. The van der Waals surface area contributed by atoms with Crippen molar-refractivity contribution in [1.82, 2.24) is 0 Å². The summed E-state index contributed by atoms with van der Waals surface area (Å²) in [5.41, 5.74) is 0. The fourth-order valence-electron chi connectivity index (χ4n) is 0.789. The van der Waals surface area contributed by atoms with Crippen molar-refractivity contribution in [1.29, 1.82) is 0 Å². The minimum Gasteiger partial charge on any atom is -0.488 e. The van der Waals surface area contributed by atoms with Gasteiger partial charge in [0.2, 0.25) is 0 Å². The third-order valence-electron chi connectivity index (χ3n) is 1.38. The summed E-state index contributed by atoms with van der Waals surface area (Å²) < 4.78 is 6.48. The quantitative estimate of drug-likeness (QED) is 0.746. The third-order valence-corrected chi connectivity index (χ3v) is 2.47. The van der Waals surface area contributed by atoms with Crippen LogP contribution in [0.15, 0.2) is 28.7 Å². The normalized spacial score (nSPS) is 12.6. The van der Waals surface area contributed by atoms with Gasteiger partial charge in [-0.2, -0.15) is 0 Å². The smallest absolute Gasteiger partial charge is 0.133 e. The van der Waals surface area contributed by atoms with Gasteiger partial charge in [0.15, 0.2) is 0 Å². The molecule has 0 aromatic heterocycles. The minimum atomic E-state index is 0.0466. The van der Waals surface area contributed by atoms with Crippen LogP contribution in [0.1, 0.15) is 6.92 Å². The first-order chi connectivity index (χ1) is 5.74. The molecule has 0 radical (unpaired) electrons. The monoisotopic (exact) mass is 248 g/mol. The van der Waals surface area contributed by atoms with Crippen molar-refractivity contribution < 1.29 is 4.74 Å². The number of halogens is 2. The van der Waals surface area contributed by atoms with Gasteiger partial charge in [-0.3, -0.25) is 0 Å². The summed E-state index contributed by atoms with van der Waals surface area (Å²) in [6, 6.07) is 7.73. The number of rotatable bonds is 3. The van der Waals surface area contributed by atoms with Crippen molar-refractivity contribution in [3.05, 3.63) is 28.7 Å². The Morgan fingerprint density at radius 2 is 2.17 bits per heavy atom. The molecule has 3 heteroatoms. The molecule has 1 aromatic carbocycles. The highest BCUT2D eigenvalue weighted by Gasteiger charge is 2.03. The van der Waals surface area contributed by atoms with Gasteiger partial charge in [0.05, 0.1) is 10.4 Å². The number of para-hydroxylation sites is 1. The highest BCUT2D eigenvalue weighted by Crippen LogP contribution is 2.24. The van der Waals surface area contributed by atoms with Gasteiger partial charge in [-0.15, -0.1) is 11.6 Å². The van der Waals surface area contributed by atoms with Crippen LogP contribution in [0.4, 0.5) is 0 Å². The summed E-state index contributed by atoms with van der Waals surface area (Å²) in [5, 5.41) is 0. The maximum atomic E-state index is 5.61. The Morgan fingerprint density at radius 3 is 2.75 bits per heavy atom. The molecule has 0 amide bonds. The zero-order chi connectivity index (χ0) is 8.97. The van der Waals surface area contributed by atoms with Gasteiger partial charge in [0.1, 0.15) is 11.9 Å². The SMILES string of the molecule is CC(CCl)Oc1ccccc1Br. The maximum Gasteiger partial charge on any atom is 0.133 e. The van der Waals surface area contributed by atoms with Crippen molar-refractivity contribution in [2.75, 3.05) is 5.88 Å². The van der Waals surface area contributed by atoms with Gasteiger partial charge >= 0.3 is 0 Å². The van der Waals surface area contributed by atoms with Crippen LogP contribution in [0.2, 0.25) is 0 Å². The number of alkyl halides is 1. The molecule has 0 aliphatic heterocycles. The Morgan fingerprint density at radius 1 is 1.50 bits per heavy atom. The summed E-state index contributed by atoms with van der Waals surface area (Å²) in [6.45, 7) is 1.94. The lowest BCUT2D eigenvalue weighted by molar-refractivity contribution is 0.244. The second-order valence-electron chi connectivity index (χ2n) is 2.51. The van der Waals surface area contributed by atoms with Crippen molar-refractivity contribution in [3.8, 4) is 5.75 Å². The lowest BCUT2D eigenvalue weighted by Crippen LogP contribution is -2.13. The first-order valence-corrected chi connectivity index (χ1v) is 5.04. The van der Waals surface area contributed by atoms with E-state index >= 15 is 0 Å². The fourth-order valence-corrected chi connectivity index (χ4v) is 1.23. The van der Waals surface area contributed by atoms with E-state index in [9.17, 15) is 0 Å². The molecule has 0 aliphatic carbocycles. The van der Waals surface area contributed by atoms with Crippen LogP contribution in [0.5, 0.6) is 5.75 Å². The van der Waals surface area contributed by atoms with E-state index in [0.717, 1.165) is 10.2 Å². The van der Waals surface area contributed by atoms with E-state index in [0.29, 0.717) is 5.88 Å². The molecule has 66 valence electrons. The number of hydrogen-bond donors (Lipinski definition) is 0. The van der Waals surface area contributed by atoms with Crippen molar-refractivity contribution in [2.24, 2.45) is 0 Å². The highest BCUT2D eigenvalue weighted by molar-refractivity contribution is 9.10. The van der Waals surface area contributed by atoms with Crippen LogP contribution in [0, 0.1) is 0 Å². The van der Waals surface area contributed by atoms with Crippen LogP contribution in [0.3, 0.4) is 0 Å². The van der Waals surface area contributed by atoms with Gasteiger partial charge < -0.3 is 4.74 Å². The van der Waals surface area contributed by atoms with Crippen molar-refractivity contribution >= 4 is 27.5 Å². The Labute approximate surface area is 85.8 Å². The van der Waals surface area contributed by atoms with Gasteiger partial charge in [-0.1, -0.05) is 12.1 Å². The average molecular weight is 250 g/mol. The van der Waals surface area contributed by atoms with Crippen molar-refractivity contribution in [3.63, 3.8) is 0 Å². The van der Waals surface area contributed by atoms with E-state index < -0.39 is 0 Å². The lowest BCUT2D eigenvalue weighted by atomic mass is 10.3. The van der Waals surface area contributed by atoms with E-state index in [2.05, 4.69) is 15.9 Å². The molecule has 1 rings (SSSR count). The molecule has 0 fully saturated rings. The van der Waals surface area contributed by atoms with Crippen LogP contribution < -0.4 is 4.74 Å². The third kappa shape index (κ3) is 2.68. The molecule has 0 heterocycles. The molecule has 1 atom stereocenters. The zero-order valence-electron chi connectivity index (χ0n) is 6.76. The number of ether oxygens (including phenoxy) is 1. The summed E-state index contributed by atoms with van der Waals surface area (Å²) in [6.07, 6.45) is 0.0466. The molecule has 0 saturated heterocycles. The van der Waals surface area contributed by atoms with Crippen LogP contribution in [-0.4, -0.2) is 12.0 Å². The molecular formula is C9H10BrClO. The molecule has 0 spiro atoms. The van der Waals surface area contributed by atoms with E-state index in [1.165, 1.54) is 0 Å². The van der Waals surface area contributed by atoms with Crippen molar-refractivity contribution in [2.45, 2.75) is 13.0 Å². The average Bonchev–Trinajstić information content (AvgIpc) is 2.09. The van der Waals surface area contributed by atoms with E-state index in [1.807, 2.05) is 31.2 Å². The molecule has 12 heavy (non-hydrogen) atoms. The number of hydrogen-bond acceptors (Lipinski definition) is 1. The summed E-state index contributed by atoms with van der Waals surface area (Å²) in [5.74, 6) is 1.34. The predicted octanol–water partition coefficient (Wildman–Crippen LogP) is 3.46. The van der Waals surface area contributed by atoms with Crippen LogP contribution in [-0.2, 0) is 0 Å². The molecule has 1 nitrogen and oxygen atoms in total. The standard InChI is InChI=1S/C9H10BrClO/c1-7(6-11)12-9-5-3-2-4-8(9)10/h2-5,7H,6H2,1H3. The second kappa shape index (κ2) is 4.73. The van der Waals surface area contributed by atoms with E-state index in [-0.39, 0.29) is 6.10 Å². The Balaban J connectivity index is 2.69. The van der Waals surface area contributed by atoms with Crippen LogP contribution in [0.25, 0.3) is 0 Å². The number of benzene rings is 1. The Kier molecular flexibility index (Phi) is 3.89. The first kappa shape index (κ1) is 9.87. The molecule has 0 saturated carbocycles. The lowest BCUT2D eigenvalue weighted by Gasteiger charge is -2.12. The summed E-state index contributed by atoms with van der Waals surface area (Å²) in [7, 11) is 0. The fraction of sp³-hybridized carbons (Fsp3) is 0.333. The molecule has 1 aromatic rings. The Hall–Kier alpha value is -0.210. The largest absolute Gasteiger partial charge is 0.488 e. The molecule has 0 N–H and O–H groups in total. The summed E-state index contributed by atoms with van der Waals surface area (Å²) in [4.78, 5) is 0. The zero-order valence-corrected chi connectivity index (χ0v) is 9.10. The highest BCUT2D eigenvalue weighted by atomic mass is 79.9. The van der Waals surface area contributed by atoms with E-state index in [4.69, 9.17) is 16.3 Å².